The molecule has 0 radical (unpaired) electrons. The van der Waals surface area contributed by atoms with Crippen molar-refractivity contribution in [2.24, 2.45) is 11.0 Å². The lowest BCUT2D eigenvalue weighted by atomic mass is 9.91. The largest absolute Gasteiger partial charge is 0.432 e. The molecule has 130 valence electrons. The van der Waals surface area contributed by atoms with E-state index in [1.807, 2.05) is 0 Å². The van der Waals surface area contributed by atoms with E-state index in [4.69, 9.17) is 11.6 Å². The Labute approximate surface area is 146 Å². The van der Waals surface area contributed by atoms with Crippen LogP contribution in [-0.2, 0) is 4.79 Å². The van der Waals surface area contributed by atoms with Gasteiger partial charge in [-0.3, -0.25) is 4.79 Å². The van der Waals surface area contributed by atoms with Gasteiger partial charge in [0.1, 0.15) is 5.92 Å². The molecule has 2 aromatic rings. The van der Waals surface area contributed by atoms with Gasteiger partial charge >= 0.3 is 6.18 Å². The normalized spacial score (nSPS) is 19.1. The highest BCUT2D eigenvalue weighted by Crippen LogP contribution is 2.39. The highest BCUT2D eigenvalue weighted by Gasteiger charge is 2.53. The number of para-hydroxylation sites is 1. The zero-order valence-corrected chi connectivity index (χ0v) is 13.4. The second-order valence-electron chi connectivity index (χ2n) is 5.41. The number of aliphatic hydroxyl groups excluding tert-OH is 1. The van der Waals surface area contributed by atoms with Crippen LogP contribution in [0, 0.1) is 5.92 Å². The molecule has 4 nitrogen and oxygen atoms in total. The summed E-state index contributed by atoms with van der Waals surface area (Å²) in [6.45, 7) is 0. The SMILES string of the molecule is O=C1[C@H]([C@H](O)c2ccccc2Cl)C(C(F)(F)F)=NN1c1ccccc1. The molecule has 8 heteroatoms. The van der Waals surface area contributed by atoms with Gasteiger partial charge in [0.25, 0.3) is 5.91 Å². The molecule has 1 aliphatic rings. The highest BCUT2D eigenvalue weighted by molar-refractivity contribution is 6.31. The van der Waals surface area contributed by atoms with Crippen molar-refractivity contribution in [1.29, 1.82) is 0 Å². The van der Waals surface area contributed by atoms with Gasteiger partial charge in [0.2, 0.25) is 0 Å². The van der Waals surface area contributed by atoms with Gasteiger partial charge in [0, 0.05) is 10.6 Å². The fourth-order valence-corrected chi connectivity index (χ4v) is 2.88. The molecule has 0 aliphatic carbocycles. The maximum atomic E-state index is 13.4. The molecule has 1 aliphatic heterocycles. The van der Waals surface area contributed by atoms with Gasteiger partial charge < -0.3 is 5.11 Å². The first-order valence-electron chi connectivity index (χ1n) is 7.28. The van der Waals surface area contributed by atoms with Crippen molar-refractivity contribution in [3.05, 3.63) is 65.2 Å². The standard InChI is InChI=1S/C17H12ClF3N2O2/c18-12-9-5-4-8-11(12)14(24)13-15(17(19,20)21)22-23(16(13)25)10-6-2-1-3-7-10/h1-9,13-14,24H/t13-,14-/m1/s1. The molecule has 0 unspecified atom stereocenters. The van der Waals surface area contributed by atoms with E-state index < -0.39 is 29.8 Å². The van der Waals surface area contributed by atoms with Crippen molar-refractivity contribution in [2.45, 2.75) is 12.3 Å². The molecular weight excluding hydrogens is 357 g/mol. The van der Waals surface area contributed by atoms with Crippen LogP contribution in [0.4, 0.5) is 18.9 Å². The lowest BCUT2D eigenvalue weighted by Crippen LogP contribution is -2.37. The molecule has 3 rings (SSSR count). The minimum atomic E-state index is -4.87. The first-order valence-corrected chi connectivity index (χ1v) is 7.65. The van der Waals surface area contributed by atoms with Crippen molar-refractivity contribution < 1.29 is 23.1 Å². The molecule has 1 N–H and O–H groups in total. The number of hydrazone groups is 1. The first-order chi connectivity index (χ1) is 11.8. The summed E-state index contributed by atoms with van der Waals surface area (Å²) < 4.78 is 40.2. The number of anilines is 1. The topological polar surface area (TPSA) is 52.9 Å². The molecule has 2 atom stereocenters. The van der Waals surface area contributed by atoms with Crippen LogP contribution in [0.15, 0.2) is 59.7 Å². The van der Waals surface area contributed by atoms with E-state index in [1.54, 1.807) is 24.3 Å². The van der Waals surface area contributed by atoms with Crippen LogP contribution < -0.4 is 5.01 Å². The average molecular weight is 369 g/mol. The third-order valence-corrected chi connectivity index (χ3v) is 4.15. The first kappa shape index (κ1) is 17.4. The quantitative estimate of drug-likeness (QED) is 0.891. The van der Waals surface area contributed by atoms with Gasteiger partial charge in [-0.25, -0.2) is 0 Å². The predicted octanol–water partition coefficient (Wildman–Crippen LogP) is 3.95. The molecular formula is C17H12ClF3N2O2. The fourth-order valence-electron chi connectivity index (χ4n) is 2.63. The van der Waals surface area contributed by atoms with E-state index in [-0.39, 0.29) is 16.3 Å². The maximum Gasteiger partial charge on any atom is 0.432 e. The lowest BCUT2D eigenvalue weighted by Gasteiger charge is -2.21. The molecule has 1 heterocycles. The van der Waals surface area contributed by atoms with E-state index >= 15 is 0 Å². The van der Waals surface area contributed by atoms with Crippen molar-refractivity contribution in [2.75, 3.05) is 5.01 Å². The number of hydrogen-bond acceptors (Lipinski definition) is 3. The molecule has 0 fully saturated rings. The number of halogens is 4. The Morgan fingerprint density at radius 3 is 2.28 bits per heavy atom. The van der Waals surface area contributed by atoms with Gasteiger partial charge in [0.15, 0.2) is 5.71 Å². The zero-order valence-electron chi connectivity index (χ0n) is 12.6. The highest BCUT2D eigenvalue weighted by atomic mass is 35.5. The molecule has 0 spiro atoms. The minimum Gasteiger partial charge on any atom is -0.387 e. The summed E-state index contributed by atoms with van der Waals surface area (Å²) >= 11 is 5.95. The average Bonchev–Trinajstić information content (AvgIpc) is 2.93. The zero-order chi connectivity index (χ0) is 18.2. The molecule has 0 bridgehead atoms. The number of hydrogen-bond donors (Lipinski definition) is 1. The van der Waals surface area contributed by atoms with Crippen LogP contribution in [0.5, 0.6) is 0 Å². The Kier molecular flexibility index (Phi) is 4.53. The summed E-state index contributed by atoms with van der Waals surface area (Å²) in [5.41, 5.74) is -1.13. The smallest absolute Gasteiger partial charge is 0.387 e. The summed E-state index contributed by atoms with van der Waals surface area (Å²) in [5, 5.41) is 14.6. The summed E-state index contributed by atoms with van der Waals surface area (Å²) in [7, 11) is 0. The Bertz CT molecular complexity index is 824. The van der Waals surface area contributed by atoms with Crippen molar-refractivity contribution in [3.63, 3.8) is 0 Å². The van der Waals surface area contributed by atoms with E-state index in [2.05, 4.69) is 5.10 Å². The Balaban J connectivity index is 2.05. The van der Waals surface area contributed by atoms with Crippen LogP contribution in [-0.4, -0.2) is 22.9 Å². The van der Waals surface area contributed by atoms with Crippen molar-refractivity contribution in [1.82, 2.24) is 0 Å². The van der Waals surface area contributed by atoms with Crippen LogP contribution in [0.2, 0.25) is 5.02 Å². The summed E-state index contributed by atoms with van der Waals surface area (Å²) in [6, 6.07) is 13.6. The molecule has 2 aromatic carbocycles. The maximum absolute atomic E-state index is 13.4. The van der Waals surface area contributed by atoms with Crippen molar-refractivity contribution >= 4 is 28.9 Å². The predicted molar refractivity (Wildman–Crippen MR) is 87.3 cm³/mol. The van der Waals surface area contributed by atoms with Crippen LogP contribution in [0.3, 0.4) is 0 Å². The Morgan fingerprint density at radius 2 is 1.68 bits per heavy atom. The number of rotatable bonds is 3. The van der Waals surface area contributed by atoms with Gasteiger partial charge in [-0.2, -0.15) is 23.3 Å². The van der Waals surface area contributed by atoms with E-state index in [1.165, 1.54) is 30.3 Å². The van der Waals surface area contributed by atoms with Crippen molar-refractivity contribution in [3.8, 4) is 0 Å². The third-order valence-electron chi connectivity index (χ3n) is 3.81. The number of nitrogens with zero attached hydrogens (tertiary/aromatic N) is 2. The fraction of sp³-hybridized carbons (Fsp3) is 0.176. The third kappa shape index (κ3) is 3.25. The second-order valence-corrected chi connectivity index (χ2v) is 5.82. The van der Waals surface area contributed by atoms with E-state index in [0.29, 0.717) is 5.01 Å². The molecule has 25 heavy (non-hydrogen) atoms. The Morgan fingerprint density at radius 1 is 1.08 bits per heavy atom. The van der Waals surface area contributed by atoms with Gasteiger partial charge in [-0.15, -0.1) is 0 Å². The Hall–Kier alpha value is -2.38. The minimum absolute atomic E-state index is 0.0365. The molecule has 0 aromatic heterocycles. The van der Waals surface area contributed by atoms with E-state index in [9.17, 15) is 23.1 Å². The van der Waals surface area contributed by atoms with Crippen LogP contribution in [0.25, 0.3) is 0 Å². The van der Waals surface area contributed by atoms with Gasteiger partial charge in [-0.1, -0.05) is 48.0 Å². The summed E-state index contributed by atoms with van der Waals surface area (Å²) in [5.74, 6) is -2.86. The number of amides is 1. The number of carbonyl (C=O) groups excluding carboxylic acids is 1. The lowest BCUT2D eigenvalue weighted by molar-refractivity contribution is -0.123. The van der Waals surface area contributed by atoms with Crippen LogP contribution >= 0.6 is 11.6 Å². The molecule has 0 saturated heterocycles. The van der Waals surface area contributed by atoms with E-state index in [0.717, 1.165) is 0 Å². The van der Waals surface area contributed by atoms with Gasteiger partial charge in [0.05, 0.1) is 11.8 Å². The second kappa shape index (κ2) is 6.50. The summed E-state index contributed by atoms with van der Waals surface area (Å²) in [6.07, 6.45) is -6.64. The molecule has 0 saturated carbocycles. The summed E-state index contributed by atoms with van der Waals surface area (Å²) in [4.78, 5) is 12.6. The number of aliphatic hydroxyl groups is 1. The van der Waals surface area contributed by atoms with Gasteiger partial charge in [-0.05, 0) is 18.2 Å². The monoisotopic (exact) mass is 368 g/mol. The number of benzene rings is 2. The number of carbonyl (C=O) groups is 1. The molecule has 1 amide bonds. The van der Waals surface area contributed by atoms with Crippen LogP contribution in [0.1, 0.15) is 11.7 Å². The number of alkyl halides is 3.